The van der Waals surface area contributed by atoms with Crippen LogP contribution in [0.5, 0.6) is 5.88 Å². The molecular weight excluding hydrogens is 366 g/mol. The normalized spacial score (nSPS) is 11.2. The molecule has 0 saturated carbocycles. The number of hydrogen-bond donors (Lipinski definition) is 0. The van der Waals surface area contributed by atoms with Crippen molar-refractivity contribution in [2.24, 2.45) is 0 Å². The van der Waals surface area contributed by atoms with Gasteiger partial charge >= 0.3 is 12.3 Å². The van der Waals surface area contributed by atoms with Gasteiger partial charge in [-0.05, 0) is 36.4 Å². The third kappa shape index (κ3) is 4.00. The number of nitrogens with zero attached hydrogens (tertiary/aromatic N) is 1. The maximum Gasteiger partial charge on any atom is 0.574 e. The summed E-state index contributed by atoms with van der Waals surface area (Å²) in [5.74, 6) is -1.39. The van der Waals surface area contributed by atoms with Crippen LogP contribution < -0.4 is 4.74 Å². The van der Waals surface area contributed by atoms with Gasteiger partial charge in [0.05, 0.1) is 17.9 Å². The maximum atomic E-state index is 12.1. The topological polar surface area (TPSA) is 48.4 Å². The van der Waals surface area contributed by atoms with Crippen molar-refractivity contribution >= 4 is 28.6 Å². The Morgan fingerprint density at radius 2 is 2.11 bits per heavy atom. The minimum atomic E-state index is -4.85. The van der Waals surface area contributed by atoms with Crippen LogP contribution in [0.25, 0.3) is 0 Å². The first kappa shape index (κ1) is 15.0. The second kappa shape index (κ2) is 5.72. The fourth-order valence-corrected chi connectivity index (χ4v) is 1.65. The van der Waals surface area contributed by atoms with E-state index in [0.29, 0.717) is 3.57 Å². The first-order valence-electron chi connectivity index (χ1n) is 4.84. The Morgan fingerprint density at radius 1 is 1.50 bits per heavy atom. The van der Waals surface area contributed by atoms with Gasteiger partial charge in [0, 0.05) is 9.64 Å². The van der Waals surface area contributed by atoms with Gasteiger partial charge in [-0.3, -0.25) is 0 Å². The van der Waals surface area contributed by atoms with Crippen LogP contribution in [0.15, 0.2) is 6.07 Å². The molecule has 0 fully saturated rings. The fourth-order valence-electron chi connectivity index (χ4n) is 1.16. The highest BCUT2D eigenvalue weighted by atomic mass is 127. The summed E-state index contributed by atoms with van der Waals surface area (Å²) in [6.45, 7) is 3.21. The van der Waals surface area contributed by atoms with E-state index in [1.165, 1.54) is 6.92 Å². The van der Waals surface area contributed by atoms with Gasteiger partial charge < -0.3 is 9.47 Å². The lowest BCUT2D eigenvalue weighted by atomic mass is 10.2. The zero-order valence-corrected chi connectivity index (χ0v) is 11.6. The van der Waals surface area contributed by atoms with Crippen LogP contribution >= 0.6 is 22.6 Å². The zero-order chi connectivity index (χ0) is 13.9. The molecule has 1 aromatic rings. The molecule has 0 aliphatic heterocycles. The molecule has 1 heterocycles. The van der Waals surface area contributed by atoms with Crippen molar-refractivity contribution in [3.8, 4) is 5.88 Å². The minimum absolute atomic E-state index is 0.00389. The first-order chi connectivity index (χ1) is 8.24. The molecule has 18 heavy (non-hydrogen) atoms. The quantitative estimate of drug-likeness (QED) is 0.602. The number of alkyl halides is 3. The van der Waals surface area contributed by atoms with E-state index in [1.807, 2.05) is 22.6 Å². The van der Waals surface area contributed by atoms with E-state index >= 15 is 0 Å². The van der Waals surface area contributed by atoms with Gasteiger partial charge in [0.25, 0.3) is 0 Å². The van der Waals surface area contributed by atoms with E-state index in [9.17, 15) is 18.0 Å². The molecule has 0 saturated heterocycles. The molecule has 0 bridgehead atoms. The fraction of sp³-hybridized carbons (Fsp3) is 0.400. The number of pyridine rings is 1. The summed E-state index contributed by atoms with van der Waals surface area (Å²) in [4.78, 5) is 15.1. The summed E-state index contributed by atoms with van der Waals surface area (Å²) in [6, 6.07) is 0.917. The van der Waals surface area contributed by atoms with Crippen molar-refractivity contribution in [2.75, 3.05) is 6.61 Å². The van der Waals surface area contributed by atoms with Gasteiger partial charge in [0.15, 0.2) is 0 Å². The van der Waals surface area contributed by atoms with Crippen molar-refractivity contribution in [1.82, 2.24) is 4.98 Å². The van der Waals surface area contributed by atoms with E-state index in [4.69, 9.17) is 4.74 Å². The van der Waals surface area contributed by atoms with Crippen molar-refractivity contribution in [2.45, 2.75) is 20.2 Å². The second-order valence-electron chi connectivity index (χ2n) is 3.18. The smallest absolute Gasteiger partial charge is 0.462 e. The lowest BCUT2D eigenvalue weighted by Crippen LogP contribution is -2.19. The summed E-state index contributed by atoms with van der Waals surface area (Å²) in [6.07, 6.45) is -4.85. The van der Waals surface area contributed by atoms with Crippen LogP contribution in [0.3, 0.4) is 0 Å². The van der Waals surface area contributed by atoms with Crippen molar-refractivity contribution in [3.05, 3.63) is 20.9 Å². The van der Waals surface area contributed by atoms with Gasteiger partial charge in [-0.25, -0.2) is 9.78 Å². The van der Waals surface area contributed by atoms with E-state index in [0.717, 1.165) is 6.07 Å². The van der Waals surface area contributed by atoms with Gasteiger partial charge in [-0.1, -0.05) is 0 Å². The molecule has 0 aliphatic rings. The Bertz CT molecular complexity index is 462. The summed E-state index contributed by atoms with van der Waals surface area (Å²) < 4.78 is 45.1. The van der Waals surface area contributed by atoms with Gasteiger partial charge in [0.2, 0.25) is 5.88 Å². The first-order valence-corrected chi connectivity index (χ1v) is 5.92. The zero-order valence-electron chi connectivity index (χ0n) is 9.47. The predicted octanol–water partition coefficient (Wildman–Crippen LogP) is 3.07. The lowest BCUT2D eigenvalue weighted by Gasteiger charge is -2.11. The molecular formula is C10H9F3INO3. The Morgan fingerprint density at radius 3 is 2.61 bits per heavy atom. The Balaban J connectivity index is 3.14. The SMILES string of the molecule is CCOC(=O)c1cc(OC(F)(F)F)nc(C)c1I. The standard InChI is InChI=1S/C10H9F3INO3/c1-3-17-9(16)6-4-7(18-10(11,12)13)15-5(2)8(6)14/h4H,3H2,1-2H3. The highest BCUT2D eigenvalue weighted by Gasteiger charge is 2.32. The van der Waals surface area contributed by atoms with Crippen LogP contribution in [-0.4, -0.2) is 23.9 Å². The molecule has 1 rings (SSSR count). The van der Waals surface area contributed by atoms with E-state index in [-0.39, 0.29) is 17.9 Å². The molecule has 0 aliphatic carbocycles. The Kier molecular flexibility index (Phi) is 4.77. The number of aromatic nitrogens is 1. The highest BCUT2D eigenvalue weighted by molar-refractivity contribution is 14.1. The summed E-state index contributed by atoms with van der Waals surface area (Å²) in [7, 11) is 0. The van der Waals surface area contributed by atoms with Crippen LogP contribution in [-0.2, 0) is 4.74 Å². The van der Waals surface area contributed by atoms with E-state index in [1.54, 1.807) is 6.92 Å². The third-order valence-corrected chi connectivity index (χ3v) is 3.18. The average Bonchev–Trinajstić information content (AvgIpc) is 2.21. The molecule has 0 spiro atoms. The van der Waals surface area contributed by atoms with Crippen LogP contribution in [0.1, 0.15) is 23.0 Å². The average molecular weight is 375 g/mol. The molecule has 100 valence electrons. The molecule has 0 radical (unpaired) electrons. The molecule has 1 aromatic heterocycles. The molecule has 4 nitrogen and oxygen atoms in total. The number of esters is 1. The Labute approximate surface area is 115 Å². The number of hydrogen-bond acceptors (Lipinski definition) is 4. The molecule has 0 unspecified atom stereocenters. The molecule has 0 N–H and O–H groups in total. The monoisotopic (exact) mass is 375 g/mol. The molecule has 8 heteroatoms. The van der Waals surface area contributed by atoms with Crippen LogP contribution in [0, 0.1) is 10.5 Å². The maximum absolute atomic E-state index is 12.1. The number of carbonyl (C=O) groups is 1. The highest BCUT2D eigenvalue weighted by Crippen LogP contribution is 2.26. The van der Waals surface area contributed by atoms with Crippen molar-refractivity contribution < 1.29 is 27.4 Å². The largest absolute Gasteiger partial charge is 0.574 e. The lowest BCUT2D eigenvalue weighted by molar-refractivity contribution is -0.276. The van der Waals surface area contributed by atoms with E-state index < -0.39 is 18.2 Å². The number of carbonyl (C=O) groups excluding carboxylic acids is 1. The van der Waals surface area contributed by atoms with Gasteiger partial charge in [0.1, 0.15) is 0 Å². The summed E-state index contributed by atoms with van der Waals surface area (Å²) >= 11 is 1.81. The van der Waals surface area contributed by atoms with Crippen LogP contribution in [0.2, 0.25) is 0 Å². The third-order valence-electron chi connectivity index (χ3n) is 1.82. The van der Waals surface area contributed by atoms with Crippen molar-refractivity contribution in [3.63, 3.8) is 0 Å². The second-order valence-corrected chi connectivity index (χ2v) is 4.25. The minimum Gasteiger partial charge on any atom is -0.462 e. The van der Waals surface area contributed by atoms with Gasteiger partial charge in [-0.15, -0.1) is 13.2 Å². The van der Waals surface area contributed by atoms with Gasteiger partial charge in [-0.2, -0.15) is 0 Å². The van der Waals surface area contributed by atoms with Crippen molar-refractivity contribution in [1.29, 1.82) is 0 Å². The number of halogens is 4. The molecule has 0 aromatic carbocycles. The number of rotatable bonds is 3. The van der Waals surface area contributed by atoms with Crippen LogP contribution in [0.4, 0.5) is 13.2 Å². The molecule has 0 atom stereocenters. The summed E-state index contributed by atoms with van der Waals surface area (Å²) in [5, 5.41) is 0. The summed E-state index contributed by atoms with van der Waals surface area (Å²) in [5.41, 5.74) is 0.268. The number of aryl methyl sites for hydroxylation is 1. The number of ether oxygens (including phenoxy) is 2. The Hall–Kier alpha value is -1.06. The predicted molar refractivity (Wildman–Crippen MR) is 64.3 cm³/mol. The molecule has 0 amide bonds. The van der Waals surface area contributed by atoms with E-state index in [2.05, 4.69) is 9.72 Å².